The molecule has 1 amide bonds. The fourth-order valence-corrected chi connectivity index (χ4v) is 2.32. The molecule has 0 fully saturated rings. The van der Waals surface area contributed by atoms with Crippen molar-refractivity contribution in [2.75, 3.05) is 12.4 Å². The third-order valence-corrected chi connectivity index (χ3v) is 3.99. The van der Waals surface area contributed by atoms with E-state index in [1.54, 1.807) is 24.4 Å². The first-order chi connectivity index (χ1) is 9.53. The molecule has 0 aliphatic rings. The molecule has 1 aromatic heterocycles. The molecule has 20 heavy (non-hydrogen) atoms. The Balaban J connectivity index is 2.26. The number of carbonyl (C=O) groups excluding carboxylic acids is 1. The summed E-state index contributed by atoms with van der Waals surface area (Å²) in [4.78, 5) is 16.0. The molecule has 0 spiro atoms. The van der Waals surface area contributed by atoms with Crippen molar-refractivity contribution < 1.29 is 13.2 Å². The second-order valence-corrected chi connectivity index (χ2v) is 5.79. The molecule has 1 aromatic carbocycles. The highest BCUT2D eigenvalue weighted by Crippen LogP contribution is 2.12. The van der Waals surface area contributed by atoms with Crippen molar-refractivity contribution in [2.45, 2.75) is 4.90 Å². The van der Waals surface area contributed by atoms with Crippen LogP contribution in [0.25, 0.3) is 0 Å². The van der Waals surface area contributed by atoms with E-state index in [2.05, 4.69) is 15.0 Å². The van der Waals surface area contributed by atoms with Gasteiger partial charge in [-0.2, -0.15) is 0 Å². The average molecular weight is 291 g/mol. The van der Waals surface area contributed by atoms with E-state index in [-0.39, 0.29) is 10.5 Å². The highest BCUT2D eigenvalue weighted by molar-refractivity contribution is 7.89. The van der Waals surface area contributed by atoms with Crippen LogP contribution in [0.1, 0.15) is 10.4 Å². The molecule has 1 heterocycles. The number of nitrogens with zero attached hydrogens (tertiary/aromatic N) is 1. The van der Waals surface area contributed by atoms with Crippen molar-refractivity contribution >= 4 is 21.7 Å². The topological polar surface area (TPSA) is 88.2 Å². The summed E-state index contributed by atoms with van der Waals surface area (Å²) in [5, 5.41) is 2.59. The zero-order chi connectivity index (χ0) is 14.6. The lowest BCUT2D eigenvalue weighted by Gasteiger charge is -2.06. The molecule has 6 nitrogen and oxygen atoms in total. The number of nitrogens with one attached hydrogen (secondary N) is 2. The lowest BCUT2D eigenvalue weighted by Crippen LogP contribution is -2.19. The second-order valence-electron chi connectivity index (χ2n) is 3.90. The van der Waals surface area contributed by atoms with Gasteiger partial charge in [-0.15, -0.1) is 0 Å². The first kappa shape index (κ1) is 14.2. The molecule has 104 valence electrons. The fourth-order valence-electron chi connectivity index (χ4n) is 1.55. The Morgan fingerprint density at radius 2 is 1.95 bits per heavy atom. The molecule has 0 saturated carbocycles. The smallest absolute Gasteiger partial charge is 0.256 e. The number of sulfonamides is 1. The largest absolute Gasteiger partial charge is 0.307 e. The summed E-state index contributed by atoms with van der Waals surface area (Å²) >= 11 is 0. The molecule has 0 aliphatic carbocycles. The highest BCUT2D eigenvalue weighted by atomic mass is 32.2. The van der Waals surface area contributed by atoms with Gasteiger partial charge in [0.25, 0.3) is 5.91 Å². The molecule has 0 aliphatic heterocycles. The first-order valence-electron chi connectivity index (χ1n) is 5.79. The first-order valence-corrected chi connectivity index (χ1v) is 7.27. The van der Waals surface area contributed by atoms with Crippen molar-refractivity contribution in [3.05, 3.63) is 54.2 Å². The molecule has 2 rings (SSSR count). The summed E-state index contributed by atoms with van der Waals surface area (Å²) in [7, 11) is -2.26. The third-order valence-electron chi connectivity index (χ3n) is 2.58. The lowest BCUT2D eigenvalue weighted by molar-refractivity contribution is 0.102. The number of amides is 1. The summed E-state index contributed by atoms with van der Waals surface area (Å²) in [5.74, 6) is -0.0174. The molecule has 7 heteroatoms. The molecule has 0 unspecified atom stereocenters. The second kappa shape index (κ2) is 5.81. The number of hydrogen-bond donors (Lipinski definition) is 2. The van der Waals surface area contributed by atoms with Crippen molar-refractivity contribution in [3.63, 3.8) is 0 Å². The number of hydrogen-bond acceptors (Lipinski definition) is 4. The molecule has 2 aromatic rings. The molecule has 0 radical (unpaired) electrons. The van der Waals surface area contributed by atoms with Gasteiger partial charge in [-0.3, -0.25) is 4.79 Å². The van der Waals surface area contributed by atoms with Gasteiger partial charge >= 0.3 is 0 Å². The van der Waals surface area contributed by atoms with Gasteiger partial charge in [-0.05, 0) is 37.4 Å². The van der Waals surface area contributed by atoms with Crippen molar-refractivity contribution in [1.29, 1.82) is 0 Å². The predicted molar refractivity (Wildman–Crippen MR) is 74.9 cm³/mol. The minimum absolute atomic E-state index is 0.0358. The quantitative estimate of drug-likeness (QED) is 0.887. The van der Waals surface area contributed by atoms with Crippen LogP contribution >= 0.6 is 0 Å². The van der Waals surface area contributed by atoms with Gasteiger partial charge in [0.05, 0.1) is 4.90 Å². The SMILES string of the molecule is CNS(=O)(=O)c1cccc(C(=O)Nc2ccccn2)c1. The van der Waals surface area contributed by atoms with E-state index >= 15 is 0 Å². The van der Waals surface area contributed by atoms with Crippen molar-refractivity contribution in [2.24, 2.45) is 0 Å². The molecule has 2 N–H and O–H groups in total. The van der Waals surface area contributed by atoms with Crippen LogP contribution in [0.2, 0.25) is 0 Å². The van der Waals surface area contributed by atoms with E-state index in [0.717, 1.165) is 0 Å². The van der Waals surface area contributed by atoms with E-state index in [1.807, 2.05) is 0 Å². The number of aromatic nitrogens is 1. The van der Waals surface area contributed by atoms with Crippen LogP contribution in [0.15, 0.2) is 53.6 Å². The maximum Gasteiger partial charge on any atom is 0.256 e. The van der Waals surface area contributed by atoms with E-state index < -0.39 is 15.9 Å². The Labute approximate surface area is 116 Å². The monoisotopic (exact) mass is 291 g/mol. The Morgan fingerprint density at radius 1 is 1.15 bits per heavy atom. The Hall–Kier alpha value is -2.25. The zero-order valence-electron chi connectivity index (χ0n) is 10.7. The molecular formula is C13H13N3O3S. The lowest BCUT2D eigenvalue weighted by atomic mass is 10.2. The van der Waals surface area contributed by atoms with Crippen LogP contribution in [0.5, 0.6) is 0 Å². The summed E-state index contributed by atoms with van der Waals surface area (Å²) in [6.45, 7) is 0. The minimum atomic E-state index is -3.57. The molecular weight excluding hydrogens is 278 g/mol. The normalized spacial score (nSPS) is 11.1. The van der Waals surface area contributed by atoms with Gasteiger partial charge in [0.15, 0.2) is 0 Å². The minimum Gasteiger partial charge on any atom is -0.307 e. The number of pyridine rings is 1. The molecule has 0 atom stereocenters. The number of carbonyl (C=O) groups is 1. The zero-order valence-corrected chi connectivity index (χ0v) is 11.5. The van der Waals surface area contributed by atoms with Gasteiger partial charge < -0.3 is 5.32 Å². The van der Waals surface area contributed by atoms with Gasteiger partial charge in [0.2, 0.25) is 10.0 Å². The van der Waals surface area contributed by atoms with Crippen molar-refractivity contribution in [1.82, 2.24) is 9.71 Å². The maximum absolute atomic E-state index is 12.0. The van der Waals surface area contributed by atoms with Gasteiger partial charge in [-0.1, -0.05) is 12.1 Å². The van der Waals surface area contributed by atoms with Gasteiger partial charge in [-0.25, -0.2) is 18.1 Å². The third kappa shape index (κ3) is 3.19. The van der Waals surface area contributed by atoms with E-state index in [4.69, 9.17) is 0 Å². The van der Waals surface area contributed by atoms with Crippen molar-refractivity contribution in [3.8, 4) is 0 Å². The number of rotatable bonds is 4. The summed E-state index contributed by atoms with van der Waals surface area (Å²) < 4.78 is 25.6. The summed E-state index contributed by atoms with van der Waals surface area (Å²) in [6, 6.07) is 10.9. The average Bonchev–Trinajstić information content (AvgIpc) is 2.48. The van der Waals surface area contributed by atoms with Gasteiger partial charge in [0, 0.05) is 11.8 Å². The molecule has 0 saturated heterocycles. The predicted octanol–water partition coefficient (Wildman–Crippen LogP) is 1.24. The van der Waals surface area contributed by atoms with E-state index in [9.17, 15) is 13.2 Å². The molecule has 0 bridgehead atoms. The van der Waals surface area contributed by atoms with Crippen LogP contribution in [-0.2, 0) is 10.0 Å². The van der Waals surface area contributed by atoms with Crippen LogP contribution in [0.4, 0.5) is 5.82 Å². The Bertz CT molecular complexity index is 715. The Kier molecular flexibility index (Phi) is 4.11. The van der Waals surface area contributed by atoms with Crippen LogP contribution in [0, 0.1) is 0 Å². The van der Waals surface area contributed by atoms with Crippen LogP contribution in [-0.4, -0.2) is 26.4 Å². The summed E-state index contributed by atoms with van der Waals surface area (Å²) in [6.07, 6.45) is 1.55. The summed E-state index contributed by atoms with van der Waals surface area (Å²) in [5.41, 5.74) is 0.243. The highest BCUT2D eigenvalue weighted by Gasteiger charge is 2.14. The Morgan fingerprint density at radius 3 is 2.60 bits per heavy atom. The maximum atomic E-state index is 12.0. The van der Waals surface area contributed by atoms with E-state index in [0.29, 0.717) is 5.82 Å². The van der Waals surface area contributed by atoms with Gasteiger partial charge in [0.1, 0.15) is 5.82 Å². The standard InChI is InChI=1S/C13H13N3O3S/c1-14-20(18,19)11-6-4-5-10(9-11)13(17)16-12-7-2-3-8-15-12/h2-9,14H,1H3,(H,15,16,17). The van der Waals surface area contributed by atoms with Crippen LogP contribution < -0.4 is 10.0 Å². The van der Waals surface area contributed by atoms with E-state index in [1.165, 1.54) is 31.3 Å². The van der Waals surface area contributed by atoms with Crippen LogP contribution in [0.3, 0.4) is 0 Å². The number of benzene rings is 1. The number of anilines is 1. The fraction of sp³-hybridized carbons (Fsp3) is 0.0769.